The molecule has 0 aromatic heterocycles. The highest BCUT2D eigenvalue weighted by atomic mass is 16.5. The zero-order valence-corrected chi connectivity index (χ0v) is 35.8. The van der Waals surface area contributed by atoms with Gasteiger partial charge in [-0.15, -0.1) is 0 Å². The smallest absolute Gasteiger partial charge is 0.138 e. The van der Waals surface area contributed by atoms with Gasteiger partial charge in [0.15, 0.2) is 0 Å². The molecule has 0 aliphatic carbocycles. The molecule has 11 rings (SSSR count). The minimum atomic E-state index is -0.999. The second-order valence-electron chi connectivity index (χ2n) is 17.4. The van der Waals surface area contributed by atoms with Crippen molar-refractivity contribution in [3.8, 4) is 69.0 Å². The number of phenols is 9. The summed E-state index contributed by atoms with van der Waals surface area (Å²) in [4.78, 5) is 0. The normalized spacial score (nSPS) is 20.0. The van der Waals surface area contributed by atoms with Gasteiger partial charge in [-0.05, 0) is 130 Å². The van der Waals surface area contributed by atoms with Gasteiger partial charge in [0.2, 0.25) is 0 Å². The van der Waals surface area contributed by atoms with Crippen molar-refractivity contribution in [2.24, 2.45) is 0 Å². The maximum Gasteiger partial charge on any atom is 0.138 e. The van der Waals surface area contributed by atoms with Gasteiger partial charge in [-0.3, -0.25) is 0 Å². The molecule has 3 aliphatic heterocycles. The van der Waals surface area contributed by atoms with E-state index in [0.29, 0.717) is 61.8 Å². The lowest BCUT2D eigenvalue weighted by Crippen LogP contribution is -2.13. The Kier molecular flexibility index (Phi) is 9.96. The maximum absolute atomic E-state index is 12.8. The third-order valence-corrected chi connectivity index (χ3v) is 13.1. The Hall–Kier alpha value is -8.90. The van der Waals surface area contributed by atoms with E-state index in [1.807, 2.05) is 24.3 Å². The number of rotatable bonds is 8. The molecule has 0 amide bonds. The summed E-state index contributed by atoms with van der Waals surface area (Å²) in [5.41, 5.74) is 6.48. The van der Waals surface area contributed by atoms with E-state index in [2.05, 4.69) is 0 Å². The molecule has 3 heterocycles. The lowest BCUT2D eigenvalue weighted by Gasteiger charge is -2.24. The van der Waals surface area contributed by atoms with Gasteiger partial charge in [-0.25, -0.2) is 0 Å². The average Bonchev–Trinajstić information content (AvgIpc) is 4.01. The van der Waals surface area contributed by atoms with E-state index in [4.69, 9.17) is 14.2 Å². The van der Waals surface area contributed by atoms with Crippen molar-refractivity contribution < 1.29 is 60.2 Å². The number of hydrogen-bond acceptors (Lipinski definition) is 12. The molecule has 9 N–H and O–H groups in total. The van der Waals surface area contributed by atoms with Crippen molar-refractivity contribution >= 4 is 12.2 Å². The monoisotopic (exact) mass is 906 g/mol. The molecule has 0 unspecified atom stereocenters. The predicted molar refractivity (Wildman–Crippen MR) is 251 cm³/mol. The van der Waals surface area contributed by atoms with Crippen molar-refractivity contribution in [3.63, 3.8) is 0 Å². The first-order chi connectivity index (χ1) is 32.8. The van der Waals surface area contributed by atoms with Crippen LogP contribution in [0.1, 0.15) is 97.3 Å². The molecule has 3 aliphatic rings. The van der Waals surface area contributed by atoms with Crippen LogP contribution in [0.15, 0.2) is 152 Å². The molecule has 0 bridgehead atoms. The minimum Gasteiger partial charge on any atom is -0.508 e. The molecule has 338 valence electrons. The lowest BCUT2D eigenvalue weighted by molar-refractivity contribution is 0.216. The van der Waals surface area contributed by atoms with Gasteiger partial charge in [0.05, 0.1) is 17.8 Å². The van der Waals surface area contributed by atoms with E-state index in [1.54, 1.807) is 115 Å². The second kappa shape index (κ2) is 16.2. The summed E-state index contributed by atoms with van der Waals surface area (Å²) >= 11 is 0. The summed E-state index contributed by atoms with van der Waals surface area (Å²) in [6.45, 7) is 0. The van der Waals surface area contributed by atoms with Crippen molar-refractivity contribution in [1.29, 1.82) is 0 Å². The van der Waals surface area contributed by atoms with Crippen molar-refractivity contribution in [2.45, 2.75) is 36.1 Å². The Bertz CT molecular complexity index is 3250. The zero-order valence-electron chi connectivity index (χ0n) is 35.8. The van der Waals surface area contributed by atoms with E-state index in [1.165, 1.54) is 24.3 Å². The second-order valence-corrected chi connectivity index (χ2v) is 17.4. The number of hydrogen-bond donors (Lipinski definition) is 9. The average molecular weight is 907 g/mol. The van der Waals surface area contributed by atoms with Crippen LogP contribution in [-0.4, -0.2) is 46.0 Å². The molecule has 68 heavy (non-hydrogen) atoms. The van der Waals surface area contributed by atoms with Gasteiger partial charge in [-0.2, -0.15) is 0 Å². The molecular weight excluding hydrogens is 865 g/mol. The van der Waals surface area contributed by atoms with Gasteiger partial charge >= 0.3 is 0 Å². The highest BCUT2D eigenvalue weighted by Crippen LogP contribution is 2.61. The van der Waals surface area contributed by atoms with Crippen molar-refractivity contribution in [1.82, 2.24) is 0 Å². The first-order valence-electron chi connectivity index (χ1n) is 21.8. The van der Waals surface area contributed by atoms with Gasteiger partial charge in [0, 0.05) is 34.4 Å². The topological polar surface area (TPSA) is 210 Å². The van der Waals surface area contributed by atoms with Gasteiger partial charge in [0.1, 0.15) is 87.3 Å². The fourth-order valence-corrected chi connectivity index (χ4v) is 10.1. The molecule has 0 fully saturated rings. The van der Waals surface area contributed by atoms with E-state index in [0.717, 1.165) is 16.7 Å². The van der Waals surface area contributed by atoms with Crippen LogP contribution in [0.3, 0.4) is 0 Å². The van der Waals surface area contributed by atoms with Crippen molar-refractivity contribution in [2.75, 3.05) is 0 Å². The Morgan fingerprint density at radius 3 is 1.38 bits per heavy atom. The molecule has 0 spiro atoms. The molecule has 8 aromatic rings. The van der Waals surface area contributed by atoms with E-state index in [-0.39, 0.29) is 51.7 Å². The molecular formula is C56H42O12. The summed E-state index contributed by atoms with van der Waals surface area (Å²) in [6, 6.07) is 41.0. The van der Waals surface area contributed by atoms with Crippen LogP contribution in [-0.2, 0) is 0 Å². The number of phenolic OH excluding ortho intramolecular Hbond substituents is 9. The van der Waals surface area contributed by atoms with Crippen LogP contribution in [0, 0.1) is 0 Å². The molecule has 12 nitrogen and oxygen atoms in total. The number of aromatic hydroxyl groups is 9. The molecule has 8 aromatic carbocycles. The van der Waals surface area contributed by atoms with E-state index in [9.17, 15) is 46.0 Å². The van der Waals surface area contributed by atoms with E-state index >= 15 is 0 Å². The summed E-state index contributed by atoms with van der Waals surface area (Å²) < 4.78 is 20.2. The Labute approximate surface area is 389 Å². The van der Waals surface area contributed by atoms with Crippen LogP contribution in [0.25, 0.3) is 12.2 Å². The summed E-state index contributed by atoms with van der Waals surface area (Å²) in [5.74, 6) is -1.45. The Morgan fingerprint density at radius 2 is 0.779 bits per heavy atom. The summed E-state index contributed by atoms with van der Waals surface area (Å²) in [5, 5.41) is 97.3. The lowest BCUT2D eigenvalue weighted by atomic mass is 9.80. The molecule has 0 saturated carbocycles. The standard InChI is InChI=1S/C56H42O12/c57-35-10-3-28(4-11-35)1-2-29-19-44(64)51-47(20-29)68-56(50(51)34-23-40(62)27-41(63)24-34)43-17-18-45-52(53(43)65)49(55(66-45)31-7-14-37(59)15-8-31)32-9-16-42-46(25-32)67-54(30-5-12-36(58)13-6-30)48(42)33-21-38(60)26-39(61)22-33/h1-27,48-50,54-65H/b2-1-/t48-,49-,50-,54+,55+,56+/m0/s1. The first-order valence-corrected chi connectivity index (χ1v) is 21.8. The van der Waals surface area contributed by atoms with Crippen LogP contribution in [0.2, 0.25) is 0 Å². The van der Waals surface area contributed by atoms with Crippen LogP contribution >= 0.6 is 0 Å². The SMILES string of the molecule is Oc1ccc(/C=C\c2cc(O)c3c(c2)O[C@H](c2ccc4c(c2O)[C@H](c2ccc5c(c2)O[C@H](c2ccc(O)cc2)[C@H]5c2cc(O)cc(O)c2)[C@@H](c2ccc(O)cc2)O4)[C@H]3c2cc(O)cc(O)c2)cc1. The number of fused-ring (bicyclic) bond motifs is 3. The third-order valence-electron chi connectivity index (χ3n) is 13.1. The van der Waals surface area contributed by atoms with E-state index < -0.39 is 36.1 Å². The molecule has 0 radical (unpaired) electrons. The number of ether oxygens (including phenoxy) is 3. The zero-order chi connectivity index (χ0) is 47.0. The quantitative estimate of drug-likeness (QED) is 0.0652. The van der Waals surface area contributed by atoms with Gasteiger partial charge in [-0.1, -0.05) is 60.7 Å². The summed E-state index contributed by atoms with van der Waals surface area (Å²) in [6.07, 6.45) is 1.27. The third kappa shape index (κ3) is 7.37. The van der Waals surface area contributed by atoms with Crippen LogP contribution in [0.4, 0.5) is 0 Å². The molecule has 6 atom stereocenters. The largest absolute Gasteiger partial charge is 0.508 e. The van der Waals surface area contributed by atoms with Crippen LogP contribution < -0.4 is 14.2 Å². The molecule has 0 saturated heterocycles. The van der Waals surface area contributed by atoms with Crippen LogP contribution in [0.5, 0.6) is 69.0 Å². The number of benzene rings is 8. The fourth-order valence-electron chi connectivity index (χ4n) is 10.1. The summed E-state index contributed by atoms with van der Waals surface area (Å²) in [7, 11) is 0. The highest BCUT2D eigenvalue weighted by molar-refractivity contribution is 5.73. The van der Waals surface area contributed by atoms with Crippen molar-refractivity contribution in [3.05, 3.63) is 213 Å². The minimum absolute atomic E-state index is 0.0606. The maximum atomic E-state index is 12.8. The highest BCUT2D eigenvalue weighted by Gasteiger charge is 2.46. The molecule has 12 heteroatoms. The first kappa shape index (κ1) is 41.8. The fraction of sp³-hybridized carbons (Fsp3) is 0.107. The Balaban J connectivity index is 1.04. The predicted octanol–water partition coefficient (Wildman–Crippen LogP) is 11.0. The van der Waals surface area contributed by atoms with Gasteiger partial charge in [0.25, 0.3) is 0 Å². The Morgan fingerprint density at radius 1 is 0.309 bits per heavy atom. The van der Waals surface area contributed by atoms with Gasteiger partial charge < -0.3 is 60.2 Å².